The molecule has 146 valence electrons. The van der Waals surface area contributed by atoms with Gasteiger partial charge in [0.25, 0.3) is 0 Å². The number of hydrogen-bond acceptors (Lipinski definition) is 3. The van der Waals surface area contributed by atoms with Crippen LogP contribution >= 0.6 is 24.0 Å². The van der Waals surface area contributed by atoms with Crippen LogP contribution in [0.25, 0.3) is 0 Å². The van der Waals surface area contributed by atoms with Crippen LogP contribution in [0.1, 0.15) is 31.2 Å². The van der Waals surface area contributed by atoms with E-state index in [-0.39, 0.29) is 36.4 Å². The summed E-state index contributed by atoms with van der Waals surface area (Å²) in [5.41, 5.74) is 7.92. The molecule has 0 atom stereocenters. The van der Waals surface area contributed by atoms with E-state index in [0.717, 1.165) is 24.3 Å². The Labute approximate surface area is 177 Å². The van der Waals surface area contributed by atoms with Crippen molar-refractivity contribution < 1.29 is 4.79 Å². The summed E-state index contributed by atoms with van der Waals surface area (Å²) < 4.78 is 1.59. The minimum atomic E-state index is -0.113. The second kappa shape index (κ2) is 10.9. The third-order valence-corrected chi connectivity index (χ3v) is 4.43. The van der Waals surface area contributed by atoms with Crippen molar-refractivity contribution in [2.75, 3.05) is 18.4 Å². The fourth-order valence-electron chi connectivity index (χ4n) is 3.06. The molecule has 0 aliphatic carbocycles. The monoisotopic (exact) mass is 482 g/mol. The van der Waals surface area contributed by atoms with Crippen LogP contribution in [0.3, 0.4) is 0 Å². The van der Waals surface area contributed by atoms with Gasteiger partial charge in [0.1, 0.15) is 6.54 Å². The van der Waals surface area contributed by atoms with E-state index in [9.17, 15) is 4.79 Å². The molecule has 0 radical (unpaired) electrons. The molecule has 1 aromatic carbocycles. The lowest BCUT2D eigenvalue weighted by atomic mass is 10.2. The van der Waals surface area contributed by atoms with Crippen LogP contribution in [0.5, 0.6) is 0 Å². The Hall–Kier alpha value is -2.10. The molecule has 1 fully saturated rings. The van der Waals surface area contributed by atoms with Gasteiger partial charge in [0.2, 0.25) is 5.91 Å². The second-order valence-corrected chi connectivity index (χ2v) is 6.53. The number of aliphatic imine (C=N–C) groups is 1. The number of rotatable bonds is 5. The fraction of sp³-hybridized carbons (Fsp3) is 0.421. The normalized spacial score (nSPS) is 15.0. The third kappa shape index (κ3) is 6.85. The summed E-state index contributed by atoms with van der Waals surface area (Å²) in [4.78, 5) is 18.8. The van der Waals surface area contributed by atoms with E-state index in [1.54, 1.807) is 23.1 Å². The molecule has 8 heteroatoms. The van der Waals surface area contributed by atoms with E-state index in [0.29, 0.717) is 12.5 Å². The van der Waals surface area contributed by atoms with E-state index in [2.05, 4.69) is 20.3 Å². The first kappa shape index (κ1) is 21.2. The number of likely N-dealkylation sites (tertiary alicyclic amines) is 1. The average Bonchev–Trinajstić information content (AvgIpc) is 2.99. The van der Waals surface area contributed by atoms with E-state index in [1.807, 2.05) is 24.3 Å². The topological polar surface area (TPSA) is 88.5 Å². The van der Waals surface area contributed by atoms with Gasteiger partial charge in [-0.2, -0.15) is 5.10 Å². The number of nitrogens with two attached hydrogens (primary N) is 1. The predicted molar refractivity (Wildman–Crippen MR) is 118 cm³/mol. The molecule has 3 rings (SSSR count). The highest BCUT2D eigenvalue weighted by Gasteiger charge is 2.10. The highest BCUT2D eigenvalue weighted by molar-refractivity contribution is 14.0. The fourth-order valence-corrected chi connectivity index (χ4v) is 3.06. The lowest BCUT2D eigenvalue weighted by molar-refractivity contribution is -0.116. The van der Waals surface area contributed by atoms with E-state index >= 15 is 0 Å². The molecular formula is C19H27IN6O. The lowest BCUT2D eigenvalue weighted by Crippen LogP contribution is -2.38. The number of amides is 1. The Morgan fingerprint density at radius 2 is 1.96 bits per heavy atom. The van der Waals surface area contributed by atoms with Crippen LogP contribution < -0.4 is 11.1 Å². The van der Waals surface area contributed by atoms with Crippen LogP contribution in [-0.4, -0.2) is 39.6 Å². The zero-order valence-corrected chi connectivity index (χ0v) is 17.7. The number of hydrogen-bond donors (Lipinski definition) is 2. The van der Waals surface area contributed by atoms with Gasteiger partial charge >= 0.3 is 0 Å². The summed E-state index contributed by atoms with van der Waals surface area (Å²) in [5.74, 6) is 0.499. The number of halogens is 1. The Morgan fingerprint density at radius 3 is 2.67 bits per heavy atom. The van der Waals surface area contributed by atoms with Crippen LogP contribution in [-0.2, 0) is 17.9 Å². The van der Waals surface area contributed by atoms with Gasteiger partial charge in [-0.25, -0.2) is 4.99 Å². The quantitative estimate of drug-likeness (QED) is 0.390. The second-order valence-electron chi connectivity index (χ2n) is 6.53. The maximum atomic E-state index is 12.1. The smallest absolute Gasteiger partial charge is 0.246 e. The Balaban J connectivity index is 0.00000261. The number of anilines is 1. The van der Waals surface area contributed by atoms with Gasteiger partial charge < -0.3 is 16.0 Å². The van der Waals surface area contributed by atoms with Crippen molar-refractivity contribution in [1.29, 1.82) is 0 Å². The molecule has 1 aromatic heterocycles. The van der Waals surface area contributed by atoms with E-state index in [4.69, 9.17) is 5.73 Å². The molecule has 1 aliphatic rings. The zero-order valence-electron chi connectivity index (χ0n) is 15.4. The average molecular weight is 482 g/mol. The van der Waals surface area contributed by atoms with Gasteiger partial charge in [0.05, 0.1) is 6.54 Å². The maximum absolute atomic E-state index is 12.1. The van der Waals surface area contributed by atoms with Gasteiger partial charge in [-0.3, -0.25) is 9.48 Å². The number of guanidine groups is 1. The molecule has 2 aromatic rings. The van der Waals surface area contributed by atoms with E-state index in [1.165, 1.54) is 25.7 Å². The molecule has 0 saturated carbocycles. The Kier molecular flexibility index (Phi) is 8.56. The number of nitrogens with one attached hydrogen (secondary N) is 1. The van der Waals surface area contributed by atoms with Crippen molar-refractivity contribution >= 4 is 41.5 Å². The summed E-state index contributed by atoms with van der Waals surface area (Å²) in [7, 11) is 0. The number of aromatic nitrogens is 2. The van der Waals surface area contributed by atoms with Gasteiger partial charge in [0, 0.05) is 31.2 Å². The van der Waals surface area contributed by atoms with Crippen molar-refractivity contribution in [3.8, 4) is 0 Å². The first-order valence-electron chi connectivity index (χ1n) is 9.12. The molecule has 3 N–H and O–H groups in total. The minimum Gasteiger partial charge on any atom is -0.370 e. The van der Waals surface area contributed by atoms with Gasteiger partial charge in [-0.05, 0) is 36.6 Å². The number of nitrogens with zero attached hydrogens (tertiary/aromatic N) is 4. The summed E-state index contributed by atoms with van der Waals surface area (Å²) in [5, 5.41) is 6.92. The summed E-state index contributed by atoms with van der Waals surface area (Å²) in [6, 6.07) is 9.49. The highest BCUT2D eigenvalue weighted by atomic mass is 127. The lowest BCUT2D eigenvalue weighted by Gasteiger charge is -2.21. The number of carbonyl (C=O) groups is 1. The van der Waals surface area contributed by atoms with E-state index < -0.39 is 0 Å². The molecule has 0 unspecified atom stereocenters. The SMILES string of the molecule is I.NC(=NCc1cccc(NC(=O)Cn2cccn2)c1)N1CCCCCC1. The number of carbonyl (C=O) groups excluding carboxylic acids is 1. The molecule has 0 bridgehead atoms. The van der Waals surface area contributed by atoms with Crippen molar-refractivity contribution in [3.05, 3.63) is 48.3 Å². The van der Waals surface area contributed by atoms with Crippen LogP contribution in [0.15, 0.2) is 47.7 Å². The van der Waals surface area contributed by atoms with Gasteiger partial charge in [0.15, 0.2) is 5.96 Å². The minimum absolute atomic E-state index is 0. The zero-order chi connectivity index (χ0) is 18.2. The molecule has 1 amide bonds. The third-order valence-electron chi connectivity index (χ3n) is 4.43. The molecular weight excluding hydrogens is 455 g/mol. The van der Waals surface area contributed by atoms with Crippen LogP contribution in [0, 0.1) is 0 Å². The molecule has 0 spiro atoms. The Bertz CT molecular complexity index is 738. The van der Waals surface area contributed by atoms with Gasteiger partial charge in [-0.15, -0.1) is 24.0 Å². The Morgan fingerprint density at radius 1 is 1.19 bits per heavy atom. The first-order chi connectivity index (χ1) is 12.7. The summed E-state index contributed by atoms with van der Waals surface area (Å²) in [6.07, 6.45) is 8.30. The first-order valence-corrected chi connectivity index (χ1v) is 9.12. The molecule has 1 saturated heterocycles. The van der Waals surface area contributed by atoms with Crippen LogP contribution in [0.2, 0.25) is 0 Å². The highest BCUT2D eigenvalue weighted by Crippen LogP contribution is 2.13. The van der Waals surface area contributed by atoms with Crippen LogP contribution in [0.4, 0.5) is 5.69 Å². The van der Waals surface area contributed by atoms with Crippen molar-refractivity contribution in [3.63, 3.8) is 0 Å². The van der Waals surface area contributed by atoms with Crippen molar-refractivity contribution in [1.82, 2.24) is 14.7 Å². The molecule has 27 heavy (non-hydrogen) atoms. The summed E-state index contributed by atoms with van der Waals surface area (Å²) in [6.45, 7) is 2.67. The standard InChI is InChI=1S/C19H26N6O.HI/c20-19(24-10-3-1-2-4-11-24)21-14-16-7-5-8-17(13-16)23-18(26)15-25-12-6-9-22-25;/h5-9,12-13H,1-4,10-11,14-15H2,(H2,20,21)(H,23,26);1H. The predicted octanol–water partition coefficient (Wildman–Crippen LogP) is 2.83. The van der Waals surface area contributed by atoms with Gasteiger partial charge in [-0.1, -0.05) is 25.0 Å². The molecule has 2 heterocycles. The molecule has 7 nitrogen and oxygen atoms in total. The summed E-state index contributed by atoms with van der Waals surface area (Å²) >= 11 is 0. The van der Waals surface area contributed by atoms with Crippen molar-refractivity contribution in [2.45, 2.75) is 38.8 Å². The number of benzene rings is 1. The maximum Gasteiger partial charge on any atom is 0.246 e. The molecule has 1 aliphatic heterocycles. The largest absolute Gasteiger partial charge is 0.370 e. The van der Waals surface area contributed by atoms with Crippen molar-refractivity contribution in [2.24, 2.45) is 10.7 Å².